The van der Waals surface area contributed by atoms with Crippen LogP contribution in [0.15, 0.2) is 83.9 Å². The van der Waals surface area contributed by atoms with Gasteiger partial charge in [-0.1, -0.05) is 72.8 Å². The Labute approximate surface area is 135 Å². The van der Waals surface area contributed by atoms with Crippen LogP contribution < -0.4 is 0 Å². The summed E-state index contributed by atoms with van der Waals surface area (Å²) in [5.74, 6) is 0. The molecule has 0 atom stereocenters. The second-order valence-corrected chi connectivity index (χ2v) is 6.03. The summed E-state index contributed by atoms with van der Waals surface area (Å²) >= 11 is 0. The van der Waals surface area contributed by atoms with Crippen LogP contribution in [0.2, 0.25) is 0 Å². The summed E-state index contributed by atoms with van der Waals surface area (Å²) in [5.41, 5.74) is 10.1. The lowest BCUT2D eigenvalue weighted by Gasteiger charge is -2.23. The van der Waals surface area contributed by atoms with Gasteiger partial charge in [-0.3, -0.25) is 4.99 Å². The predicted molar refractivity (Wildman–Crippen MR) is 96.0 cm³/mol. The van der Waals surface area contributed by atoms with Crippen LogP contribution in [0.5, 0.6) is 0 Å². The molecule has 1 heteroatoms. The summed E-state index contributed by atoms with van der Waals surface area (Å²) in [5, 5.41) is 0. The van der Waals surface area contributed by atoms with Crippen LogP contribution in [0.3, 0.4) is 0 Å². The molecular formula is C22H15N. The minimum atomic E-state index is 0.913. The van der Waals surface area contributed by atoms with E-state index in [2.05, 4.69) is 78.9 Å². The number of aliphatic imine (C=N–C) groups is 1. The van der Waals surface area contributed by atoms with Gasteiger partial charge >= 0.3 is 0 Å². The summed E-state index contributed by atoms with van der Waals surface area (Å²) in [4.78, 5) is 4.91. The molecule has 0 N–H and O–H groups in total. The van der Waals surface area contributed by atoms with Gasteiger partial charge in [-0.2, -0.15) is 0 Å². The van der Waals surface area contributed by atoms with Gasteiger partial charge in [-0.15, -0.1) is 0 Å². The minimum absolute atomic E-state index is 0.913. The van der Waals surface area contributed by atoms with E-state index in [0.717, 1.165) is 12.1 Å². The van der Waals surface area contributed by atoms with Crippen LogP contribution in [0.4, 0.5) is 5.69 Å². The Morgan fingerprint density at radius 1 is 0.609 bits per heavy atom. The summed E-state index contributed by atoms with van der Waals surface area (Å²) in [6.07, 6.45) is 0.913. The third kappa shape index (κ3) is 1.83. The van der Waals surface area contributed by atoms with E-state index in [-0.39, 0.29) is 0 Å². The van der Waals surface area contributed by atoms with Crippen LogP contribution in [-0.2, 0) is 6.42 Å². The highest BCUT2D eigenvalue weighted by molar-refractivity contribution is 6.38. The van der Waals surface area contributed by atoms with Crippen molar-refractivity contribution in [3.8, 4) is 0 Å². The van der Waals surface area contributed by atoms with Crippen molar-refractivity contribution < 1.29 is 0 Å². The zero-order valence-corrected chi connectivity index (χ0v) is 12.7. The quantitative estimate of drug-likeness (QED) is 0.578. The van der Waals surface area contributed by atoms with Crippen molar-refractivity contribution >= 4 is 22.5 Å². The highest BCUT2D eigenvalue weighted by Gasteiger charge is 2.30. The second kappa shape index (κ2) is 4.79. The number of nitrogens with zero attached hydrogens (tertiary/aromatic N) is 1. The summed E-state index contributed by atoms with van der Waals surface area (Å²) in [6, 6.07) is 27.9. The average Bonchev–Trinajstić information content (AvgIpc) is 2.98. The van der Waals surface area contributed by atoms with E-state index in [9.17, 15) is 0 Å². The lowest BCUT2D eigenvalue weighted by Crippen LogP contribution is -2.13. The van der Waals surface area contributed by atoms with Gasteiger partial charge in [0.1, 0.15) is 0 Å². The molecule has 0 saturated heterocycles. The van der Waals surface area contributed by atoms with Gasteiger partial charge in [0.25, 0.3) is 0 Å². The molecule has 3 aromatic rings. The SMILES string of the molecule is c1ccc(C2=C3C(=Nc4ccccc43)Cc3ccccc32)cc1. The van der Waals surface area contributed by atoms with E-state index in [1.165, 1.54) is 39.1 Å². The number of rotatable bonds is 1. The first kappa shape index (κ1) is 12.6. The molecule has 2 aliphatic rings. The van der Waals surface area contributed by atoms with Crippen LogP contribution in [0, 0.1) is 0 Å². The van der Waals surface area contributed by atoms with Crippen molar-refractivity contribution in [2.45, 2.75) is 6.42 Å². The maximum Gasteiger partial charge on any atom is 0.0712 e. The molecule has 0 saturated carbocycles. The molecule has 1 nitrogen and oxygen atoms in total. The van der Waals surface area contributed by atoms with Crippen molar-refractivity contribution in [1.29, 1.82) is 0 Å². The van der Waals surface area contributed by atoms with Crippen LogP contribution in [-0.4, -0.2) is 5.71 Å². The molecule has 5 rings (SSSR count). The Morgan fingerprint density at radius 3 is 2.17 bits per heavy atom. The third-order valence-corrected chi connectivity index (χ3v) is 4.67. The normalized spacial score (nSPS) is 14.9. The predicted octanol–water partition coefficient (Wildman–Crippen LogP) is 5.29. The molecule has 1 aliphatic carbocycles. The molecule has 0 fully saturated rings. The maximum atomic E-state index is 4.91. The van der Waals surface area contributed by atoms with Gasteiger partial charge in [0, 0.05) is 17.6 Å². The standard InChI is InChI=1S/C22H15N/c1-2-8-15(9-3-1)21-17-11-5-4-10-16(17)14-20-22(21)18-12-6-7-13-19(18)23-20/h1-13H,14H2. The lowest BCUT2D eigenvalue weighted by atomic mass is 9.79. The van der Waals surface area contributed by atoms with E-state index >= 15 is 0 Å². The number of allylic oxidation sites excluding steroid dienone is 1. The van der Waals surface area contributed by atoms with Crippen LogP contribution in [0.1, 0.15) is 22.3 Å². The van der Waals surface area contributed by atoms with Crippen LogP contribution in [0.25, 0.3) is 11.1 Å². The fraction of sp³-hybridized carbons (Fsp3) is 0.0455. The van der Waals surface area contributed by atoms with Gasteiger partial charge < -0.3 is 0 Å². The summed E-state index contributed by atoms with van der Waals surface area (Å²) in [7, 11) is 0. The average molecular weight is 293 g/mol. The Balaban J connectivity index is 1.89. The molecule has 0 amide bonds. The Kier molecular flexibility index (Phi) is 2.62. The van der Waals surface area contributed by atoms with Gasteiger partial charge in [-0.25, -0.2) is 0 Å². The monoisotopic (exact) mass is 293 g/mol. The molecule has 23 heavy (non-hydrogen) atoms. The van der Waals surface area contributed by atoms with Crippen molar-refractivity contribution in [2.75, 3.05) is 0 Å². The summed E-state index contributed by atoms with van der Waals surface area (Å²) < 4.78 is 0. The van der Waals surface area contributed by atoms with Gasteiger partial charge in [0.15, 0.2) is 0 Å². The second-order valence-electron chi connectivity index (χ2n) is 6.03. The first-order valence-electron chi connectivity index (χ1n) is 7.97. The molecule has 0 bridgehead atoms. The molecule has 1 heterocycles. The van der Waals surface area contributed by atoms with E-state index in [4.69, 9.17) is 4.99 Å². The van der Waals surface area contributed by atoms with Crippen molar-refractivity contribution in [2.24, 2.45) is 4.99 Å². The molecule has 0 aromatic heterocycles. The third-order valence-electron chi connectivity index (χ3n) is 4.67. The van der Waals surface area contributed by atoms with E-state index in [1.807, 2.05) is 0 Å². The zero-order valence-electron chi connectivity index (χ0n) is 12.7. The Bertz CT molecular complexity index is 978. The molecular weight excluding hydrogens is 278 g/mol. The fourth-order valence-electron chi connectivity index (χ4n) is 3.68. The summed E-state index contributed by atoms with van der Waals surface area (Å²) in [6.45, 7) is 0. The minimum Gasteiger partial charge on any atom is -0.252 e. The van der Waals surface area contributed by atoms with Crippen molar-refractivity contribution in [3.05, 3.63) is 101 Å². The lowest BCUT2D eigenvalue weighted by molar-refractivity contribution is 1.29. The zero-order chi connectivity index (χ0) is 15.2. The highest BCUT2D eigenvalue weighted by atomic mass is 14.8. The molecule has 3 aromatic carbocycles. The van der Waals surface area contributed by atoms with E-state index < -0.39 is 0 Å². The fourth-order valence-corrected chi connectivity index (χ4v) is 3.68. The molecule has 108 valence electrons. The highest BCUT2D eigenvalue weighted by Crippen LogP contribution is 2.45. The first-order chi connectivity index (χ1) is 11.4. The number of hydrogen-bond acceptors (Lipinski definition) is 1. The number of fused-ring (bicyclic) bond motifs is 4. The molecule has 0 unspecified atom stereocenters. The Morgan fingerprint density at radius 2 is 1.30 bits per heavy atom. The van der Waals surface area contributed by atoms with Crippen molar-refractivity contribution in [1.82, 2.24) is 0 Å². The van der Waals surface area contributed by atoms with E-state index in [0.29, 0.717) is 0 Å². The smallest absolute Gasteiger partial charge is 0.0712 e. The number of benzene rings is 3. The maximum absolute atomic E-state index is 4.91. The molecule has 1 aliphatic heterocycles. The van der Waals surface area contributed by atoms with E-state index in [1.54, 1.807) is 0 Å². The Hall–Kier alpha value is -2.93. The largest absolute Gasteiger partial charge is 0.252 e. The number of para-hydroxylation sites is 1. The van der Waals surface area contributed by atoms with Gasteiger partial charge in [0.05, 0.1) is 11.4 Å². The van der Waals surface area contributed by atoms with Gasteiger partial charge in [0.2, 0.25) is 0 Å². The first-order valence-corrected chi connectivity index (χ1v) is 7.97. The van der Waals surface area contributed by atoms with Gasteiger partial charge in [-0.05, 0) is 28.3 Å². The number of hydrogen-bond donors (Lipinski definition) is 0. The van der Waals surface area contributed by atoms with Crippen molar-refractivity contribution in [3.63, 3.8) is 0 Å². The molecule has 0 radical (unpaired) electrons. The molecule has 0 spiro atoms. The topological polar surface area (TPSA) is 12.4 Å². The van der Waals surface area contributed by atoms with Crippen LogP contribution >= 0.6 is 0 Å².